The molecule has 0 N–H and O–H groups in total. The van der Waals surface area contributed by atoms with Crippen molar-refractivity contribution >= 4 is 80.9 Å². The van der Waals surface area contributed by atoms with E-state index in [-0.39, 0.29) is 0 Å². The Balaban J connectivity index is 1.23. The quantitative estimate of drug-likeness (QED) is 0.167. The molecule has 0 aliphatic heterocycles. The second kappa shape index (κ2) is 11.7. The van der Waals surface area contributed by atoms with Crippen LogP contribution < -0.4 is 4.90 Å². The Morgan fingerprint density at radius 3 is 1.86 bits per heavy atom. The van der Waals surface area contributed by atoms with Gasteiger partial charge in [-0.25, -0.2) is 0 Å². The first-order chi connectivity index (χ1) is 24.8. The zero-order chi connectivity index (χ0) is 33.0. The number of fused-ring (bicyclic) bond motifs is 8. The van der Waals surface area contributed by atoms with Gasteiger partial charge in [0.2, 0.25) is 0 Å². The minimum Gasteiger partial charge on any atom is -0.309 e. The zero-order valence-corrected chi connectivity index (χ0v) is 28.1. The lowest BCUT2D eigenvalue weighted by Crippen LogP contribution is -2.11. The van der Waals surface area contributed by atoms with Gasteiger partial charge < -0.3 is 4.90 Å². The van der Waals surface area contributed by atoms with E-state index in [1.165, 1.54) is 80.4 Å². The summed E-state index contributed by atoms with van der Waals surface area (Å²) in [7, 11) is 0. The SMILES string of the molecule is c1ccc(-c2cc(-c3cccc4c3ccc3c5ccccc5ccc43)ccc2N(c2ccccc2)c2cccc3sc4ccccc4c23)cc1. The van der Waals surface area contributed by atoms with Crippen LogP contribution in [0.1, 0.15) is 0 Å². The van der Waals surface area contributed by atoms with E-state index in [1.54, 1.807) is 0 Å². The molecule has 1 heterocycles. The fourth-order valence-electron chi connectivity index (χ4n) is 7.78. The normalized spacial score (nSPS) is 11.6. The van der Waals surface area contributed by atoms with Crippen LogP contribution in [0.15, 0.2) is 188 Å². The van der Waals surface area contributed by atoms with Gasteiger partial charge in [0.25, 0.3) is 0 Å². The lowest BCUT2D eigenvalue weighted by atomic mass is 9.91. The van der Waals surface area contributed by atoms with Crippen molar-refractivity contribution in [2.45, 2.75) is 0 Å². The Morgan fingerprint density at radius 2 is 0.980 bits per heavy atom. The largest absolute Gasteiger partial charge is 0.309 e. The van der Waals surface area contributed by atoms with Crippen LogP contribution >= 0.6 is 11.3 Å². The summed E-state index contributed by atoms with van der Waals surface area (Å²) in [5.41, 5.74) is 8.26. The van der Waals surface area contributed by atoms with Crippen LogP contribution in [0, 0.1) is 0 Å². The standard InChI is InChI=1S/C48H31NS/c1-3-13-32(14-4-1)43-31-34(37-20-11-21-38-40(37)29-28-39-36-18-8-7-15-33(36)25-27-41(38)39)26-30-44(43)49(35-16-5-2-6-17-35)45-22-12-24-47-48(45)42-19-9-10-23-46(42)50-47/h1-31H. The first-order valence-corrected chi connectivity index (χ1v) is 17.9. The average molecular weight is 654 g/mol. The van der Waals surface area contributed by atoms with E-state index in [0.29, 0.717) is 0 Å². The highest BCUT2D eigenvalue weighted by Gasteiger charge is 2.22. The molecule has 10 rings (SSSR count). The minimum atomic E-state index is 1.13. The summed E-state index contributed by atoms with van der Waals surface area (Å²) in [6, 6.07) is 68.7. The predicted molar refractivity (Wildman–Crippen MR) is 217 cm³/mol. The molecular formula is C48H31NS. The Morgan fingerprint density at radius 1 is 0.340 bits per heavy atom. The lowest BCUT2D eigenvalue weighted by Gasteiger charge is -2.29. The molecular weight excluding hydrogens is 623 g/mol. The lowest BCUT2D eigenvalue weighted by molar-refractivity contribution is 1.30. The number of thiophene rings is 1. The summed E-state index contributed by atoms with van der Waals surface area (Å²) in [5.74, 6) is 0. The smallest absolute Gasteiger partial charge is 0.0555 e. The number of benzene rings is 9. The molecule has 0 radical (unpaired) electrons. The van der Waals surface area contributed by atoms with E-state index in [4.69, 9.17) is 0 Å². The molecule has 10 aromatic rings. The van der Waals surface area contributed by atoms with Crippen LogP contribution in [-0.2, 0) is 0 Å². The molecule has 50 heavy (non-hydrogen) atoms. The third-order valence-electron chi connectivity index (χ3n) is 10.1. The molecule has 0 fully saturated rings. The Bertz CT molecular complexity index is 2870. The van der Waals surface area contributed by atoms with E-state index < -0.39 is 0 Å². The number of hydrogen-bond donors (Lipinski definition) is 0. The fraction of sp³-hybridized carbons (Fsp3) is 0. The molecule has 0 saturated heterocycles. The monoisotopic (exact) mass is 653 g/mol. The summed E-state index contributed by atoms with van der Waals surface area (Å²) in [6.07, 6.45) is 0. The molecule has 2 heteroatoms. The number of rotatable bonds is 5. The van der Waals surface area contributed by atoms with Crippen molar-refractivity contribution in [3.05, 3.63) is 188 Å². The zero-order valence-electron chi connectivity index (χ0n) is 27.3. The molecule has 0 unspecified atom stereocenters. The van der Waals surface area contributed by atoms with Crippen molar-refractivity contribution in [2.75, 3.05) is 4.90 Å². The van der Waals surface area contributed by atoms with Gasteiger partial charge in [-0.15, -0.1) is 11.3 Å². The molecule has 0 aliphatic rings. The van der Waals surface area contributed by atoms with Crippen molar-refractivity contribution < 1.29 is 0 Å². The predicted octanol–water partition coefficient (Wildman–Crippen LogP) is 14.3. The van der Waals surface area contributed by atoms with Gasteiger partial charge in [-0.05, 0) is 91.5 Å². The molecule has 0 saturated carbocycles. The maximum Gasteiger partial charge on any atom is 0.0555 e. The third kappa shape index (κ3) is 4.61. The van der Waals surface area contributed by atoms with Gasteiger partial charge >= 0.3 is 0 Å². The second-order valence-corrected chi connectivity index (χ2v) is 13.9. The van der Waals surface area contributed by atoms with Gasteiger partial charge in [0.1, 0.15) is 0 Å². The Hall–Kier alpha value is -6.22. The Labute approximate surface area is 294 Å². The summed E-state index contributed by atoms with van der Waals surface area (Å²) < 4.78 is 2.59. The van der Waals surface area contributed by atoms with Crippen LogP contribution in [0.5, 0.6) is 0 Å². The van der Waals surface area contributed by atoms with Gasteiger partial charge in [-0.2, -0.15) is 0 Å². The highest BCUT2D eigenvalue weighted by molar-refractivity contribution is 7.26. The molecule has 0 bridgehead atoms. The molecule has 0 atom stereocenters. The van der Waals surface area contributed by atoms with Gasteiger partial charge in [0.05, 0.1) is 11.4 Å². The average Bonchev–Trinajstić information content (AvgIpc) is 3.58. The van der Waals surface area contributed by atoms with Crippen molar-refractivity contribution in [2.24, 2.45) is 0 Å². The Kier molecular flexibility index (Phi) is 6.75. The van der Waals surface area contributed by atoms with Gasteiger partial charge in [-0.1, -0.05) is 146 Å². The van der Waals surface area contributed by atoms with Crippen LogP contribution in [0.3, 0.4) is 0 Å². The topological polar surface area (TPSA) is 3.24 Å². The molecule has 1 nitrogen and oxygen atoms in total. The third-order valence-corrected chi connectivity index (χ3v) is 11.2. The summed E-state index contributed by atoms with van der Waals surface area (Å²) in [6.45, 7) is 0. The fourth-order valence-corrected chi connectivity index (χ4v) is 8.91. The minimum absolute atomic E-state index is 1.13. The van der Waals surface area contributed by atoms with E-state index in [9.17, 15) is 0 Å². The maximum atomic E-state index is 2.45. The maximum absolute atomic E-state index is 2.45. The van der Waals surface area contributed by atoms with Gasteiger partial charge in [0, 0.05) is 31.4 Å². The van der Waals surface area contributed by atoms with Gasteiger partial charge in [-0.3, -0.25) is 0 Å². The van der Waals surface area contributed by atoms with E-state index in [1.807, 2.05) is 11.3 Å². The van der Waals surface area contributed by atoms with Crippen LogP contribution in [0.2, 0.25) is 0 Å². The van der Waals surface area contributed by atoms with Crippen molar-refractivity contribution in [1.82, 2.24) is 0 Å². The molecule has 9 aromatic carbocycles. The second-order valence-electron chi connectivity index (χ2n) is 12.9. The molecule has 1 aromatic heterocycles. The highest BCUT2D eigenvalue weighted by atomic mass is 32.1. The number of hydrogen-bond acceptors (Lipinski definition) is 2. The number of para-hydroxylation sites is 1. The van der Waals surface area contributed by atoms with Crippen LogP contribution in [-0.4, -0.2) is 0 Å². The molecule has 0 spiro atoms. The molecule has 0 amide bonds. The van der Waals surface area contributed by atoms with E-state index >= 15 is 0 Å². The van der Waals surface area contributed by atoms with Crippen molar-refractivity contribution in [3.8, 4) is 22.3 Å². The summed E-state index contributed by atoms with van der Waals surface area (Å²) in [4.78, 5) is 2.45. The molecule has 234 valence electrons. The summed E-state index contributed by atoms with van der Waals surface area (Å²) in [5, 5.41) is 10.3. The van der Waals surface area contributed by atoms with E-state index in [0.717, 1.165) is 11.4 Å². The first-order valence-electron chi connectivity index (χ1n) is 17.1. The highest BCUT2D eigenvalue weighted by Crippen LogP contribution is 2.48. The van der Waals surface area contributed by atoms with E-state index in [2.05, 4.69) is 193 Å². The summed E-state index contributed by atoms with van der Waals surface area (Å²) >= 11 is 1.86. The first kappa shape index (κ1) is 28.8. The number of nitrogens with zero attached hydrogens (tertiary/aromatic N) is 1. The van der Waals surface area contributed by atoms with Gasteiger partial charge in [0.15, 0.2) is 0 Å². The van der Waals surface area contributed by atoms with Crippen molar-refractivity contribution in [3.63, 3.8) is 0 Å². The number of anilines is 3. The molecule has 0 aliphatic carbocycles. The van der Waals surface area contributed by atoms with Crippen molar-refractivity contribution in [1.29, 1.82) is 0 Å². The van der Waals surface area contributed by atoms with Crippen LogP contribution in [0.25, 0.3) is 74.7 Å². The van der Waals surface area contributed by atoms with Crippen LogP contribution in [0.4, 0.5) is 17.1 Å².